The summed E-state index contributed by atoms with van der Waals surface area (Å²) in [6, 6.07) is 3.85. The Morgan fingerprint density at radius 3 is 2.50 bits per heavy atom. The molecule has 0 aromatic heterocycles. The van der Waals surface area contributed by atoms with Gasteiger partial charge in [0.2, 0.25) is 5.75 Å². The van der Waals surface area contributed by atoms with E-state index in [1.54, 1.807) is 26.4 Å². The number of carbonyl (C=O) groups is 1. The zero-order chi connectivity index (χ0) is 20.1. The standard InChI is InChI=1S/C20H31N3O5.2ClH/c1-13-10-23-11-15(9-16(23)12-28-13)22-20(24)14-7-17(25-2)19(18(8-14)26-3)27-6-4-5-21;;/h7-8,13,15-16H,4-6,9-12,21H2,1-3H3,(H,22,24);2*1H/t13-,15-,16-;;/m0../s1. The van der Waals surface area contributed by atoms with E-state index in [0.717, 1.165) is 32.5 Å². The number of fused-ring (bicyclic) bond motifs is 1. The second-order valence-corrected chi connectivity index (χ2v) is 7.36. The Labute approximate surface area is 190 Å². The van der Waals surface area contributed by atoms with Crippen LogP contribution in [-0.4, -0.2) is 76.1 Å². The van der Waals surface area contributed by atoms with Crippen molar-refractivity contribution in [3.05, 3.63) is 17.7 Å². The number of methoxy groups -OCH3 is 2. The minimum Gasteiger partial charge on any atom is -0.493 e. The number of amides is 1. The molecule has 1 aromatic rings. The molecule has 3 rings (SSSR count). The fourth-order valence-electron chi connectivity index (χ4n) is 3.82. The number of carbonyl (C=O) groups excluding carboxylic acids is 1. The van der Waals surface area contributed by atoms with Crippen LogP contribution in [0.4, 0.5) is 0 Å². The van der Waals surface area contributed by atoms with Gasteiger partial charge < -0.3 is 30.0 Å². The van der Waals surface area contributed by atoms with Crippen molar-refractivity contribution in [3.63, 3.8) is 0 Å². The van der Waals surface area contributed by atoms with Crippen molar-refractivity contribution in [1.82, 2.24) is 10.2 Å². The summed E-state index contributed by atoms with van der Waals surface area (Å²) in [7, 11) is 3.09. The number of nitrogens with zero attached hydrogens (tertiary/aromatic N) is 1. The molecule has 3 N–H and O–H groups in total. The highest BCUT2D eigenvalue weighted by Crippen LogP contribution is 2.38. The maximum Gasteiger partial charge on any atom is 0.251 e. The van der Waals surface area contributed by atoms with Crippen LogP contribution in [-0.2, 0) is 4.74 Å². The number of rotatable bonds is 8. The fourth-order valence-corrected chi connectivity index (χ4v) is 3.82. The first-order chi connectivity index (χ1) is 13.5. The molecule has 0 radical (unpaired) electrons. The van der Waals surface area contributed by atoms with E-state index in [9.17, 15) is 4.79 Å². The smallest absolute Gasteiger partial charge is 0.251 e. The zero-order valence-electron chi connectivity index (χ0n) is 17.7. The van der Waals surface area contributed by atoms with Crippen LogP contribution in [0.15, 0.2) is 12.1 Å². The van der Waals surface area contributed by atoms with Gasteiger partial charge in [-0.05, 0) is 38.4 Å². The van der Waals surface area contributed by atoms with Crippen LogP contribution < -0.4 is 25.3 Å². The lowest BCUT2D eigenvalue weighted by Gasteiger charge is -2.33. The molecule has 0 aliphatic carbocycles. The lowest BCUT2D eigenvalue weighted by atomic mass is 10.1. The molecule has 0 saturated carbocycles. The molecule has 2 saturated heterocycles. The van der Waals surface area contributed by atoms with Gasteiger partial charge in [-0.1, -0.05) is 0 Å². The number of halogens is 2. The molecule has 2 fully saturated rings. The fraction of sp³-hybridized carbons (Fsp3) is 0.650. The Bertz CT molecular complexity index is 669. The topological polar surface area (TPSA) is 95.3 Å². The predicted octanol–water partition coefficient (Wildman–Crippen LogP) is 1.87. The number of benzene rings is 1. The van der Waals surface area contributed by atoms with Gasteiger partial charge in [0.15, 0.2) is 11.5 Å². The number of hydrogen-bond acceptors (Lipinski definition) is 7. The van der Waals surface area contributed by atoms with E-state index < -0.39 is 0 Å². The van der Waals surface area contributed by atoms with Gasteiger partial charge in [0.25, 0.3) is 5.91 Å². The second-order valence-electron chi connectivity index (χ2n) is 7.36. The Kier molecular flexibility index (Phi) is 11.0. The number of nitrogens with one attached hydrogen (secondary N) is 1. The zero-order valence-corrected chi connectivity index (χ0v) is 19.4. The van der Waals surface area contributed by atoms with Gasteiger partial charge in [-0.2, -0.15) is 0 Å². The summed E-state index contributed by atoms with van der Waals surface area (Å²) in [5.74, 6) is 1.27. The molecular weight excluding hydrogens is 433 g/mol. The van der Waals surface area contributed by atoms with Crippen molar-refractivity contribution in [1.29, 1.82) is 0 Å². The van der Waals surface area contributed by atoms with Gasteiger partial charge in [0.05, 0.1) is 33.5 Å². The molecule has 1 aromatic carbocycles. The van der Waals surface area contributed by atoms with E-state index in [2.05, 4.69) is 17.1 Å². The van der Waals surface area contributed by atoms with Crippen LogP contribution in [0.5, 0.6) is 17.2 Å². The van der Waals surface area contributed by atoms with Gasteiger partial charge in [-0.25, -0.2) is 0 Å². The summed E-state index contributed by atoms with van der Waals surface area (Å²) in [6.45, 7) is 5.55. The third-order valence-electron chi connectivity index (χ3n) is 5.25. The number of morpholine rings is 1. The van der Waals surface area contributed by atoms with Crippen molar-refractivity contribution in [2.75, 3.05) is 47.1 Å². The SMILES string of the molecule is COc1cc(C(=O)N[C@H]2C[C@H]3CO[C@@H](C)CN3C2)cc(OC)c1OCCCN.Cl.Cl. The third-order valence-corrected chi connectivity index (χ3v) is 5.25. The molecule has 1 amide bonds. The van der Waals surface area contributed by atoms with Gasteiger partial charge >= 0.3 is 0 Å². The van der Waals surface area contributed by atoms with E-state index in [0.29, 0.717) is 42.0 Å². The summed E-state index contributed by atoms with van der Waals surface area (Å²) < 4.78 is 22.3. The molecule has 172 valence electrons. The van der Waals surface area contributed by atoms with Gasteiger partial charge in [0, 0.05) is 30.7 Å². The molecule has 0 unspecified atom stereocenters. The van der Waals surface area contributed by atoms with E-state index in [-0.39, 0.29) is 42.9 Å². The minimum absolute atomic E-state index is 0. The highest BCUT2D eigenvalue weighted by molar-refractivity contribution is 5.95. The molecule has 0 bridgehead atoms. The van der Waals surface area contributed by atoms with Gasteiger partial charge in [-0.3, -0.25) is 9.69 Å². The van der Waals surface area contributed by atoms with Gasteiger partial charge in [-0.15, -0.1) is 24.8 Å². The Hall–Kier alpha value is -1.45. The van der Waals surface area contributed by atoms with E-state index in [4.69, 9.17) is 24.7 Å². The predicted molar refractivity (Wildman–Crippen MR) is 120 cm³/mol. The third kappa shape index (κ3) is 6.28. The van der Waals surface area contributed by atoms with E-state index in [1.807, 2.05) is 0 Å². The normalized spacial score (nSPS) is 22.9. The lowest BCUT2D eigenvalue weighted by molar-refractivity contribution is -0.0390. The summed E-state index contributed by atoms with van der Waals surface area (Å²) in [4.78, 5) is 15.2. The number of hydrogen-bond donors (Lipinski definition) is 2. The summed E-state index contributed by atoms with van der Waals surface area (Å²) >= 11 is 0. The van der Waals surface area contributed by atoms with Crippen molar-refractivity contribution >= 4 is 30.7 Å². The average Bonchev–Trinajstić information content (AvgIpc) is 3.09. The van der Waals surface area contributed by atoms with Crippen LogP contribution in [0.3, 0.4) is 0 Å². The second kappa shape index (κ2) is 12.4. The number of ether oxygens (including phenoxy) is 4. The molecule has 0 spiro atoms. The monoisotopic (exact) mass is 465 g/mol. The lowest BCUT2D eigenvalue weighted by Crippen LogP contribution is -2.45. The molecule has 2 aliphatic rings. The van der Waals surface area contributed by atoms with Crippen molar-refractivity contribution in [2.45, 2.75) is 38.0 Å². The van der Waals surface area contributed by atoms with Gasteiger partial charge in [0.1, 0.15) is 0 Å². The summed E-state index contributed by atoms with van der Waals surface area (Å²) in [5.41, 5.74) is 6.00. The van der Waals surface area contributed by atoms with Crippen molar-refractivity contribution in [3.8, 4) is 17.2 Å². The maximum absolute atomic E-state index is 12.8. The Morgan fingerprint density at radius 2 is 1.90 bits per heavy atom. The molecule has 3 atom stereocenters. The first-order valence-corrected chi connectivity index (χ1v) is 9.81. The van der Waals surface area contributed by atoms with Crippen LogP contribution in [0.1, 0.15) is 30.1 Å². The van der Waals surface area contributed by atoms with Crippen LogP contribution in [0.2, 0.25) is 0 Å². The Balaban J connectivity index is 0.00000225. The summed E-state index contributed by atoms with van der Waals surface area (Å²) in [6.07, 6.45) is 1.86. The first-order valence-electron chi connectivity index (χ1n) is 9.81. The summed E-state index contributed by atoms with van der Waals surface area (Å²) in [5, 5.41) is 3.14. The highest BCUT2D eigenvalue weighted by Gasteiger charge is 2.37. The molecule has 30 heavy (non-hydrogen) atoms. The highest BCUT2D eigenvalue weighted by atomic mass is 35.5. The van der Waals surface area contributed by atoms with Crippen LogP contribution in [0, 0.1) is 0 Å². The minimum atomic E-state index is -0.149. The van der Waals surface area contributed by atoms with Crippen LogP contribution >= 0.6 is 24.8 Å². The first kappa shape index (κ1) is 26.6. The number of nitrogens with two attached hydrogens (primary N) is 1. The molecule has 10 heteroatoms. The molecule has 2 aliphatic heterocycles. The Morgan fingerprint density at radius 1 is 1.23 bits per heavy atom. The molecule has 2 heterocycles. The maximum atomic E-state index is 12.8. The van der Waals surface area contributed by atoms with E-state index >= 15 is 0 Å². The molecular formula is C20H33Cl2N3O5. The average molecular weight is 466 g/mol. The van der Waals surface area contributed by atoms with Crippen molar-refractivity contribution in [2.24, 2.45) is 5.73 Å². The quantitative estimate of drug-likeness (QED) is 0.565. The molecule has 8 nitrogen and oxygen atoms in total. The van der Waals surface area contributed by atoms with E-state index in [1.165, 1.54) is 0 Å². The largest absolute Gasteiger partial charge is 0.493 e. The van der Waals surface area contributed by atoms with Crippen LogP contribution in [0.25, 0.3) is 0 Å². The van der Waals surface area contributed by atoms with Crippen molar-refractivity contribution < 1.29 is 23.7 Å².